The van der Waals surface area contributed by atoms with E-state index in [1.807, 2.05) is 24.3 Å². The lowest BCUT2D eigenvalue weighted by Gasteiger charge is -1.99. The molecule has 4 aromatic rings. The largest absolute Gasteiger partial charge is 0.297 e. The van der Waals surface area contributed by atoms with Crippen molar-refractivity contribution >= 4 is 88.8 Å². The van der Waals surface area contributed by atoms with Gasteiger partial charge in [-0.25, -0.2) is 4.98 Å². The predicted octanol–water partition coefficient (Wildman–Crippen LogP) is 6.72. The molecule has 0 aliphatic carbocycles. The van der Waals surface area contributed by atoms with E-state index >= 15 is 0 Å². The zero-order valence-corrected chi connectivity index (χ0v) is 15.7. The number of thiophene rings is 1. The van der Waals surface area contributed by atoms with Crippen LogP contribution in [-0.2, 0) is 0 Å². The number of nitrogens with zero attached hydrogens (tertiary/aromatic N) is 1. The Morgan fingerprint density at radius 1 is 1.04 bits per heavy atom. The topological polar surface area (TPSA) is 42.0 Å². The average Bonchev–Trinajstić information content (AvgIpc) is 3.08. The molecule has 0 saturated heterocycles. The monoisotopic (exact) mass is 412 g/mol. The average molecular weight is 414 g/mol. The van der Waals surface area contributed by atoms with Gasteiger partial charge in [0.2, 0.25) is 0 Å². The van der Waals surface area contributed by atoms with E-state index in [1.165, 1.54) is 22.7 Å². The first-order valence-electron chi connectivity index (χ1n) is 6.77. The number of hydrogen-bond acceptors (Lipinski definition) is 4. The molecule has 3 nitrogen and oxygen atoms in total. The minimum absolute atomic E-state index is 0.303. The summed E-state index contributed by atoms with van der Waals surface area (Å²) in [6, 6.07) is 10.9. The van der Waals surface area contributed by atoms with Crippen LogP contribution in [0.1, 0.15) is 9.67 Å². The van der Waals surface area contributed by atoms with Gasteiger partial charge >= 0.3 is 0 Å². The van der Waals surface area contributed by atoms with E-state index in [4.69, 9.17) is 34.8 Å². The van der Waals surface area contributed by atoms with Crippen molar-refractivity contribution in [3.63, 3.8) is 0 Å². The third-order valence-electron chi connectivity index (χ3n) is 3.38. The van der Waals surface area contributed by atoms with Crippen molar-refractivity contribution in [3.8, 4) is 0 Å². The molecular weight excluding hydrogens is 407 g/mol. The number of nitrogens with one attached hydrogen (secondary N) is 1. The fourth-order valence-electron chi connectivity index (χ4n) is 2.32. The number of thiazole rings is 1. The highest BCUT2D eigenvalue weighted by Crippen LogP contribution is 2.40. The summed E-state index contributed by atoms with van der Waals surface area (Å²) in [6.07, 6.45) is 0. The van der Waals surface area contributed by atoms with Crippen LogP contribution in [0, 0.1) is 0 Å². The molecule has 0 saturated carbocycles. The van der Waals surface area contributed by atoms with E-state index < -0.39 is 0 Å². The summed E-state index contributed by atoms with van der Waals surface area (Å²) < 4.78 is 1.78. The molecule has 0 spiro atoms. The van der Waals surface area contributed by atoms with Gasteiger partial charge in [-0.15, -0.1) is 11.3 Å². The van der Waals surface area contributed by atoms with Crippen LogP contribution in [0.2, 0.25) is 15.1 Å². The first-order chi connectivity index (χ1) is 11.5. The van der Waals surface area contributed by atoms with Crippen LogP contribution in [0.4, 0.5) is 5.13 Å². The lowest BCUT2D eigenvalue weighted by Crippen LogP contribution is -2.10. The highest BCUT2D eigenvalue weighted by Gasteiger charge is 2.20. The van der Waals surface area contributed by atoms with Crippen molar-refractivity contribution in [2.24, 2.45) is 0 Å². The Labute approximate surface area is 159 Å². The molecular formula is C16H7Cl3N2OS2. The van der Waals surface area contributed by atoms with Crippen LogP contribution in [-0.4, -0.2) is 10.9 Å². The van der Waals surface area contributed by atoms with Gasteiger partial charge in [-0.2, -0.15) is 0 Å². The zero-order valence-electron chi connectivity index (χ0n) is 11.8. The normalized spacial score (nSPS) is 11.3. The van der Waals surface area contributed by atoms with Gasteiger partial charge < -0.3 is 0 Å². The Morgan fingerprint density at radius 2 is 1.88 bits per heavy atom. The van der Waals surface area contributed by atoms with Gasteiger partial charge in [0.15, 0.2) is 5.13 Å². The molecule has 1 amide bonds. The third-order valence-corrected chi connectivity index (χ3v) is 6.51. The van der Waals surface area contributed by atoms with E-state index in [2.05, 4.69) is 10.3 Å². The van der Waals surface area contributed by atoms with Crippen molar-refractivity contribution in [3.05, 3.63) is 56.3 Å². The standard InChI is InChI=1S/C16H7Cl3N2OS2/c17-7-4-5-9-11(6-7)24-16(20-9)21-15(22)14-13(19)12-8(18)2-1-3-10(12)23-14/h1-6H,(H,20,21,22). The number of carbonyl (C=O) groups is 1. The molecule has 8 heteroatoms. The van der Waals surface area contributed by atoms with Crippen LogP contribution in [0.3, 0.4) is 0 Å². The minimum Gasteiger partial charge on any atom is -0.297 e. The molecule has 2 aromatic heterocycles. The van der Waals surface area contributed by atoms with Crippen molar-refractivity contribution < 1.29 is 4.79 Å². The number of halogens is 3. The molecule has 2 heterocycles. The zero-order chi connectivity index (χ0) is 16.8. The second kappa shape index (κ2) is 6.17. The molecule has 4 rings (SSSR count). The number of aromatic nitrogens is 1. The number of benzene rings is 2. The molecule has 0 bridgehead atoms. The van der Waals surface area contributed by atoms with E-state index in [1.54, 1.807) is 12.1 Å². The first kappa shape index (κ1) is 16.1. The van der Waals surface area contributed by atoms with Gasteiger partial charge in [-0.3, -0.25) is 10.1 Å². The molecule has 0 aliphatic heterocycles. The Morgan fingerprint density at radius 3 is 2.67 bits per heavy atom. The van der Waals surface area contributed by atoms with E-state index in [-0.39, 0.29) is 5.91 Å². The summed E-state index contributed by atoms with van der Waals surface area (Å²) in [7, 11) is 0. The number of amides is 1. The van der Waals surface area contributed by atoms with Crippen LogP contribution in [0.25, 0.3) is 20.3 Å². The summed E-state index contributed by atoms with van der Waals surface area (Å²) in [4.78, 5) is 17.4. The Bertz CT molecular complexity index is 1100. The van der Waals surface area contributed by atoms with E-state index in [0.29, 0.717) is 30.5 Å². The summed E-state index contributed by atoms with van der Waals surface area (Å²) in [6.45, 7) is 0. The maximum atomic E-state index is 12.6. The van der Waals surface area contributed by atoms with Gasteiger partial charge in [-0.05, 0) is 30.3 Å². The second-order valence-corrected chi connectivity index (χ2v) is 8.25. The lowest BCUT2D eigenvalue weighted by atomic mass is 10.2. The molecule has 2 aromatic carbocycles. The second-order valence-electron chi connectivity index (χ2n) is 4.94. The highest BCUT2D eigenvalue weighted by atomic mass is 35.5. The molecule has 24 heavy (non-hydrogen) atoms. The van der Waals surface area contributed by atoms with Crippen molar-refractivity contribution in [1.82, 2.24) is 4.98 Å². The van der Waals surface area contributed by atoms with Crippen molar-refractivity contribution in [2.45, 2.75) is 0 Å². The molecule has 120 valence electrons. The molecule has 0 radical (unpaired) electrons. The number of fused-ring (bicyclic) bond motifs is 2. The minimum atomic E-state index is -0.303. The summed E-state index contributed by atoms with van der Waals surface area (Å²) >= 11 is 21.2. The smallest absolute Gasteiger partial charge is 0.269 e. The molecule has 1 N–H and O–H groups in total. The van der Waals surface area contributed by atoms with Gasteiger partial charge in [0.1, 0.15) is 4.88 Å². The number of rotatable bonds is 2. The Hall–Kier alpha value is -1.37. The molecule has 0 aliphatic rings. The van der Waals surface area contributed by atoms with Crippen molar-refractivity contribution in [1.29, 1.82) is 0 Å². The van der Waals surface area contributed by atoms with Gasteiger partial charge in [0.25, 0.3) is 5.91 Å². The number of anilines is 1. The molecule has 0 atom stereocenters. The Balaban J connectivity index is 1.70. The number of carbonyl (C=O) groups excluding carboxylic acids is 1. The number of hydrogen-bond donors (Lipinski definition) is 1. The SMILES string of the molecule is O=C(Nc1nc2ccc(Cl)cc2s1)c1sc2cccc(Cl)c2c1Cl. The fourth-order valence-corrected chi connectivity index (χ4v) is 5.31. The van der Waals surface area contributed by atoms with Gasteiger partial charge in [0, 0.05) is 15.1 Å². The van der Waals surface area contributed by atoms with E-state index in [9.17, 15) is 4.79 Å². The quantitative estimate of drug-likeness (QED) is 0.396. The van der Waals surface area contributed by atoms with Crippen LogP contribution in [0.5, 0.6) is 0 Å². The fraction of sp³-hybridized carbons (Fsp3) is 0. The van der Waals surface area contributed by atoms with Gasteiger partial charge in [-0.1, -0.05) is 52.2 Å². The van der Waals surface area contributed by atoms with Crippen molar-refractivity contribution in [2.75, 3.05) is 5.32 Å². The summed E-state index contributed by atoms with van der Waals surface area (Å²) in [5.41, 5.74) is 0.783. The van der Waals surface area contributed by atoms with Crippen LogP contribution in [0.15, 0.2) is 36.4 Å². The van der Waals surface area contributed by atoms with E-state index in [0.717, 1.165) is 14.9 Å². The third kappa shape index (κ3) is 2.76. The predicted molar refractivity (Wildman–Crippen MR) is 104 cm³/mol. The van der Waals surface area contributed by atoms with Crippen LogP contribution < -0.4 is 5.32 Å². The summed E-state index contributed by atoms with van der Waals surface area (Å²) in [5.74, 6) is -0.303. The molecule has 0 unspecified atom stereocenters. The first-order valence-corrected chi connectivity index (χ1v) is 9.53. The lowest BCUT2D eigenvalue weighted by molar-refractivity contribution is 0.103. The van der Waals surface area contributed by atoms with Gasteiger partial charge in [0.05, 0.1) is 20.3 Å². The highest BCUT2D eigenvalue weighted by molar-refractivity contribution is 7.23. The maximum absolute atomic E-state index is 12.6. The summed E-state index contributed by atoms with van der Waals surface area (Å²) in [5, 5.41) is 5.52. The van der Waals surface area contributed by atoms with Crippen LogP contribution >= 0.6 is 57.5 Å². The Kier molecular flexibility index (Phi) is 4.14. The molecule has 0 fully saturated rings. The maximum Gasteiger partial charge on any atom is 0.269 e.